The van der Waals surface area contributed by atoms with E-state index in [1.54, 1.807) is 0 Å². The lowest BCUT2D eigenvalue weighted by Crippen LogP contribution is -2.57. The van der Waals surface area contributed by atoms with Gasteiger partial charge in [-0.25, -0.2) is 0 Å². The molecule has 174 valence electrons. The highest BCUT2D eigenvalue weighted by atomic mass is 16.3. The third-order valence-corrected chi connectivity index (χ3v) is 11.1. The molecular weight excluding hydrogens is 368 g/mol. The molecule has 0 aromatic carbocycles. The zero-order chi connectivity index (χ0) is 21.7. The maximum atomic E-state index is 10.3. The average molecular weight is 419 g/mol. The van der Waals surface area contributed by atoms with Crippen LogP contribution in [-0.2, 0) is 0 Å². The minimum atomic E-state index is -0.515. The quantitative estimate of drug-likeness (QED) is 0.506. The minimum absolute atomic E-state index is 0.0303. The third kappa shape index (κ3) is 4.14. The monoisotopic (exact) mass is 418 g/mol. The van der Waals surface area contributed by atoms with E-state index in [4.69, 9.17) is 0 Å². The molecule has 2 heteroatoms. The van der Waals surface area contributed by atoms with Crippen LogP contribution in [0.25, 0.3) is 0 Å². The van der Waals surface area contributed by atoms with Crippen molar-refractivity contribution in [3.63, 3.8) is 0 Å². The van der Waals surface area contributed by atoms with Crippen LogP contribution in [0.3, 0.4) is 0 Å². The number of aliphatic hydroxyl groups is 2. The van der Waals surface area contributed by atoms with E-state index in [9.17, 15) is 10.2 Å². The second-order valence-electron chi connectivity index (χ2n) is 13.3. The fourth-order valence-corrected chi connectivity index (χ4v) is 9.47. The maximum Gasteiger partial charge on any atom is 0.0591 e. The lowest BCUT2D eigenvalue weighted by molar-refractivity contribution is -0.157. The molecule has 4 aliphatic rings. The normalized spacial score (nSPS) is 47.7. The Balaban J connectivity index is 1.48. The van der Waals surface area contributed by atoms with Gasteiger partial charge in [0.15, 0.2) is 0 Å². The second kappa shape index (κ2) is 8.36. The van der Waals surface area contributed by atoms with Crippen molar-refractivity contribution in [1.82, 2.24) is 0 Å². The van der Waals surface area contributed by atoms with Crippen LogP contribution in [0.4, 0.5) is 0 Å². The molecule has 4 saturated carbocycles. The van der Waals surface area contributed by atoms with Gasteiger partial charge in [0, 0.05) is 0 Å². The van der Waals surface area contributed by atoms with Gasteiger partial charge in [0.25, 0.3) is 0 Å². The Morgan fingerprint density at radius 2 is 1.63 bits per heavy atom. The van der Waals surface area contributed by atoms with Gasteiger partial charge in [-0.05, 0) is 124 Å². The van der Waals surface area contributed by atoms with Gasteiger partial charge < -0.3 is 10.2 Å². The van der Waals surface area contributed by atoms with Crippen LogP contribution in [0, 0.1) is 46.3 Å². The molecule has 9 atom stereocenters. The van der Waals surface area contributed by atoms with E-state index in [0.29, 0.717) is 10.8 Å². The van der Waals surface area contributed by atoms with Gasteiger partial charge in [-0.1, -0.05) is 40.0 Å². The van der Waals surface area contributed by atoms with Gasteiger partial charge >= 0.3 is 0 Å². The molecule has 2 nitrogen and oxygen atoms in total. The van der Waals surface area contributed by atoms with Crippen LogP contribution >= 0.6 is 0 Å². The van der Waals surface area contributed by atoms with Crippen molar-refractivity contribution in [1.29, 1.82) is 0 Å². The van der Waals surface area contributed by atoms with Crippen molar-refractivity contribution in [3.8, 4) is 0 Å². The molecule has 4 aliphatic carbocycles. The molecule has 4 fully saturated rings. The van der Waals surface area contributed by atoms with Gasteiger partial charge in [-0.15, -0.1) is 0 Å². The van der Waals surface area contributed by atoms with E-state index in [-0.39, 0.29) is 6.10 Å². The molecule has 0 unspecified atom stereocenters. The first-order valence-electron chi connectivity index (χ1n) is 13.4. The first-order chi connectivity index (χ1) is 14.0. The molecular formula is C28H50O2. The van der Waals surface area contributed by atoms with E-state index < -0.39 is 5.60 Å². The summed E-state index contributed by atoms with van der Waals surface area (Å²) in [6, 6.07) is 0. The predicted octanol–water partition coefficient (Wildman–Crippen LogP) is 6.97. The molecule has 0 bridgehead atoms. The topological polar surface area (TPSA) is 40.5 Å². The molecule has 0 aromatic rings. The van der Waals surface area contributed by atoms with E-state index in [0.717, 1.165) is 61.2 Å². The van der Waals surface area contributed by atoms with Crippen molar-refractivity contribution in [2.45, 2.75) is 130 Å². The Bertz CT molecular complexity index is 594. The zero-order valence-corrected chi connectivity index (χ0v) is 20.6. The Hall–Kier alpha value is -0.0800. The minimum Gasteiger partial charge on any atom is -0.393 e. The Kier molecular flexibility index (Phi) is 6.44. The smallest absolute Gasteiger partial charge is 0.0591 e. The summed E-state index contributed by atoms with van der Waals surface area (Å²) in [6.45, 7) is 11.7. The van der Waals surface area contributed by atoms with Crippen LogP contribution in [0.5, 0.6) is 0 Å². The molecule has 0 aromatic heterocycles. The summed E-state index contributed by atoms with van der Waals surface area (Å²) in [7, 11) is 0. The summed E-state index contributed by atoms with van der Waals surface area (Å²) in [6.07, 6.45) is 16.7. The first kappa shape index (κ1) is 23.1. The molecule has 0 heterocycles. The number of hydrogen-bond acceptors (Lipinski definition) is 2. The SMILES string of the molecule is C[C@H](CCCC(C)(C)O)[C@H]1CCC[C@H]2[C@@H]3CC[C@H]4C[C@@H](O)CC[C@]4(C)[C@H]3CC[C@]12C. The highest BCUT2D eigenvalue weighted by Gasteiger charge is 2.59. The number of rotatable bonds is 5. The third-order valence-electron chi connectivity index (χ3n) is 11.1. The molecule has 0 aliphatic heterocycles. The maximum absolute atomic E-state index is 10.3. The van der Waals surface area contributed by atoms with Crippen LogP contribution in [0.2, 0.25) is 0 Å². The van der Waals surface area contributed by atoms with Gasteiger partial charge in [-0.3, -0.25) is 0 Å². The summed E-state index contributed by atoms with van der Waals surface area (Å²) >= 11 is 0. The second-order valence-corrected chi connectivity index (χ2v) is 13.3. The molecule has 2 N–H and O–H groups in total. The molecule has 0 saturated heterocycles. The fourth-order valence-electron chi connectivity index (χ4n) is 9.47. The lowest BCUT2D eigenvalue weighted by Gasteiger charge is -2.64. The number of aliphatic hydroxyl groups excluding tert-OH is 1. The van der Waals surface area contributed by atoms with Crippen LogP contribution < -0.4 is 0 Å². The predicted molar refractivity (Wildman–Crippen MR) is 125 cm³/mol. The largest absolute Gasteiger partial charge is 0.393 e. The summed E-state index contributed by atoms with van der Waals surface area (Å²) in [5.41, 5.74) is 0.512. The van der Waals surface area contributed by atoms with Crippen LogP contribution in [0.15, 0.2) is 0 Å². The molecule has 30 heavy (non-hydrogen) atoms. The number of hydrogen-bond donors (Lipinski definition) is 2. The average Bonchev–Trinajstić information content (AvgIpc) is 2.66. The molecule has 0 amide bonds. The molecule has 4 rings (SSSR count). The molecule has 0 spiro atoms. The Morgan fingerprint density at radius 1 is 0.933 bits per heavy atom. The van der Waals surface area contributed by atoms with Gasteiger partial charge in [0.2, 0.25) is 0 Å². The van der Waals surface area contributed by atoms with E-state index in [1.165, 1.54) is 57.8 Å². The number of fused-ring (bicyclic) bond motifs is 5. The lowest BCUT2D eigenvalue weighted by atomic mass is 9.41. The highest BCUT2D eigenvalue weighted by molar-refractivity contribution is 5.08. The van der Waals surface area contributed by atoms with Crippen molar-refractivity contribution >= 4 is 0 Å². The van der Waals surface area contributed by atoms with Crippen molar-refractivity contribution < 1.29 is 10.2 Å². The summed E-state index contributed by atoms with van der Waals surface area (Å²) in [5, 5.41) is 20.4. The van der Waals surface area contributed by atoms with E-state index >= 15 is 0 Å². The highest BCUT2D eigenvalue weighted by Crippen LogP contribution is 2.67. The van der Waals surface area contributed by atoms with Crippen LogP contribution in [0.1, 0.15) is 118 Å². The summed E-state index contributed by atoms with van der Waals surface area (Å²) in [5.74, 6) is 5.20. The first-order valence-corrected chi connectivity index (χ1v) is 13.4. The van der Waals surface area contributed by atoms with E-state index in [1.807, 2.05) is 13.8 Å². The summed E-state index contributed by atoms with van der Waals surface area (Å²) < 4.78 is 0. The van der Waals surface area contributed by atoms with Crippen LogP contribution in [-0.4, -0.2) is 21.9 Å². The van der Waals surface area contributed by atoms with E-state index in [2.05, 4.69) is 20.8 Å². The molecule has 0 radical (unpaired) electrons. The van der Waals surface area contributed by atoms with Crippen molar-refractivity contribution in [2.24, 2.45) is 46.3 Å². The van der Waals surface area contributed by atoms with Crippen molar-refractivity contribution in [2.75, 3.05) is 0 Å². The Morgan fingerprint density at radius 3 is 2.37 bits per heavy atom. The fraction of sp³-hybridized carbons (Fsp3) is 1.00. The van der Waals surface area contributed by atoms with Crippen molar-refractivity contribution in [3.05, 3.63) is 0 Å². The Labute approximate surface area is 186 Å². The standard InChI is InChI=1S/C28H50O2/c1-19(8-7-15-26(2,3)30)23-9-6-10-24-22-12-11-20-18-21(29)13-16-27(20,4)25(22)14-17-28(23,24)5/h19-25,29-30H,6-18H2,1-5H3/t19-,20+,21+,22+,23-,24+,25+,27+,28-/m1/s1. The van der Waals surface area contributed by atoms with Gasteiger partial charge in [0.1, 0.15) is 0 Å². The van der Waals surface area contributed by atoms with Gasteiger partial charge in [-0.2, -0.15) is 0 Å². The summed E-state index contributed by atoms with van der Waals surface area (Å²) in [4.78, 5) is 0. The zero-order valence-electron chi connectivity index (χ0n) is 20.6. The van der Waals surface area contributed by atoms with Gasteiger partial charge in [0.05, 0.1) is 11.7 Å².